The molecule has 0 fully saturated rings. The fourth-order valence-corrected chi connectivity index (χ4v) is 6.93. The number of para-hydroxylation sites is 1. The standard InChI is InChI=1S/C32H33Br2NOS/c1-2-3-4-5-6-10-23-36-30-21-19-29(20-22-30)35(27-11-8-7-9-12-27)28-17-14-25(15-18-28)13-16-26-24-31(33)37-32(26)34/h7-9,11-22,24H,2-6,10,23H2,1H3. The van der Waals surface area contributed by atoms with E-state index in [0.717, 1.165) is 49.0 Å². The van der Waals surface area contributed by atoms with Crippen molar-refractivity contribution < 1.29 is 4.74 Å². The van der Waals surface area contributed by atoms with E-state index in [1.54, 1.807) is 11.3 Å². The Bertz CT molecular complexity index is 1250. The van der Waals surface area contributed by atoms with Gasteiger partial charge in [-0.25, -0.2) is 0 Å². The summed E-state index contributed by atoms with van der Waals surface area (Å²) in [5, 5.41) is 0. The number of thiophene rings is 1. The second-order valence-corrected chi connectivity index (χ2v) is 12.7. The summed E-state index contributed by atoms with van der Waals surface area (Å²) in [4.78, 5) is 2.28. The van der Waals surface area contributed by atoms with Crippen LogP contribution >= 0.6 is 43.2 Å². The van der Waals surface area contributed by atoms with Crippen molar-refractivity contribution in [2.45, 2.75) is 45.4 Å². The molecule has 0 aliphatic heterocycles. The second-order valence-electron chi connectivity index (χ2n) is 8.99. The number of rotatable bonds is 13. The second kappa shape index (κ2) is 14.6. The third kappa shape index (κ3) is 8.33. The quantitative estimate of drug-likeness (QED) is 0.135. The average molecular weight is 639 g/mol. The zero-order valence-corrected chi connectivity index (χ0v) is 25.2. The number of halogens is 2. The maximum absolute atomic E-state index is 6.02. The molecule has 4 aromatic rings. The van der Waals surface area contributed by atoms with Gasteiger partial charge in [0.15, 0.2) is 0 Å². The third-order valence-corrected chi connectivity index (χ3v) is 8.55. The van der Waals surface area contributed by atoms with Crippen molar-refractivity contribution in [2.75, 3.05) is 11.5 Å². The van der Waals surface area contributed by atoms with Gasteiger partial charge in [0.2, 0.25) is 0 Å². The first-order valence-electron chi connectivity index (χ1n) is 12.9. The third-order valence-electron chi connectivity index (χ3n) is 6.17. The number of unbranched alkanes of at least 4 members (excludes halogenated alkanes) is 5. The molecule has 0 atom stereocenters. The van der Waals surface area contributed by atoms with Crippen LogP contribution in [0.2, 0.25) is 0 Å². The molecular formula is C32H33Br2NOS. The predicted octanol–water partition coefficient (Wildman–Crippen LogP) is 11.7. The van der Waals surface area contributed by atoms with Crippen molar-refractivity contribution in [3.05, 3.63) is 104 Å². The highest BCUT2D eigenvalue weighted by Crippen LogP contribution is 2.36. The van der Waals surface area contributed by atoms with Gasteiger partial charge in [-0.1, -0.05) is 81.5 Å². The Morgan fingerprint density at radius 1 is 0.730 bits per heavy atom. The fourth-order valence-electron chi connectivity index (χ4n) is 4.18. The molecule has 0 aliphatic carbocycles. The molecule has 4 rings (SSSR count). The molecular weight excluding hydrogens is 606 g/mol. The van der Waals surface area contributed by atoms with Crippen molar-refractivity contribution in [3.63, 3.8) is 0 Å². The molecule has 0 amide bonds. The van der Waals surface area contributed by atoms with Crippen LogP contribution in [0.5, 0.6) is 5.75 Å². The highest BCUT2D eigenvalue weighted by Gasteiger charge is 2.12. The van der Waals surface area contributed by atoms with E-state index < -0.39 is 0 Å². The summed E-state index contributed by atoms with van der Waals surface area (Å²) in [6.07, 6.45) is 11.9. The Morgan fingerprint density at radius 3 is 2.00 bits per heavy atom. The first-order valence-corrected chi connectivity index (χ1v) is 15.4. The largest absolute Gasteiger partial charge is 0.494 e. The number of anilines is 3. The van der Waals surface area contributed by atoms with E-state index in [1.165, 1.54) is 37.7 Å². The maximum atomic E-state index is 6.02. The van der Waals surface area contributed by atoms with Gasteiger partial charge < -0.3 is 9.64 Å². The van der Waals surface area contributed by atoms with Gasteiger partial charge in [0, 0.05) is 22.6 Å². The topological polar surface area (TPSA) is 12.5 Å². The summed E-state index contributed by atoms with van der Waals surface area (Å²) in [5.74, 6) is 0.928. The Morgan fingerprint density at radius 2 is 1.35 bits per heavy atom. The number of hydrogen-bond donors (Lipinski definition) is 0. The average Bonchev–Trinajstić information content (AvgIpc) is 3.25. The van der Waals surface area contributed by atoms with Gasteiger partial charge in [-0.05, 0) is 98.4 Å². The lowest BCUT2D eigenvalue weighted by Gasteiger charge is -2.25. The minimum Gasteiger partial charge on any atom is -0.494 e. The smallest absolute Gasteiger partial charge is 0.119 e. The Labute approximate surface area is 242 Å². The number of benzene rings is 3. The number of ether oxygens (including phenoxy) is 1. The molecule has 0 N–H and O–H groups in total. The van der Waals surface area contributed by atoms with Gasteiger partial charge in [0.25, 0.3) is 0 Å². The summed E-state index contributed by atoms with van der Waals surface area (Å²) in [6, 6.07) is 29.7. The molecule has 2 nitrogen and oxygen atoms in total. The molecule has 3 aromatic carbocycles. The van der Waals surface area contributed by atoms with Crippen molar-refractivity contribution in [1.82, 2.24) is 0 Å². The normalized spacial score (nSPS) is 11.2. The van der Waals surface area contributed by atoms with E-state index in [0.29, 0.717) is 0 Å². The molecule has 0 aliphatic rings. The molecule has 0 radical (unpaired) electrons. The van der Waals surface area contributed by atoms with E-state index >= 15 is 0 Å². The molecule has 0 bridgehead atoms. The molecule has 0 spiro atoms. The molecule has 1 aromatic heterocycles. The van der Waals surface area contributed by atoms with Gasteiger partial charge in [0.1, 0.15) is 5.75 Å². The van der Waals surface area contributed by atoms with Gasteiger partial charge in [-0.15, -0.1) is 11.3 Å². The lowest BCUT2D eigenvalue weighted by molar-refractivity contribution is 0.304. The predicted molar refractivity (Wildman–Crippen MR) is 169 cm³/mol. The van der Waals surface area contributed by atoms with Gasteiger partial charge in [-0.3, -0.25) is 0 Å². The summed E-state index contributed by atoms with van der Waals surface area (Å²) in [7, 11) is 0. The van der Waals surface area contributed by atoms with Crippen LogP contribution in [-0.2, 0) is 0 Å². The Kier molecular flexibility index (Phi) is 10.9. The Balaban J connectivity index is 1.45. The van der Waals surface area contributed by atoms with Crippen molar-refractivity contribution in [2.24, 2.45) is 0 Å². The molecule has 1 heterocycles. The van der Waals surface area contributed by atoms with E-state index in [9.17, 15) is 0 Å². The van der Waals surface area contributed by atoms with Crippen molar-refractivity contribution >= 4 is 72.4 Å². The lowest BCUT2D eigenvalue weighted by atomic mass is 10.1. The fraction of sp³-hybridized carbons (Fsp3) is 0.250. The molecule has 192 valence electrons. The van der Waals surface area contributed by atoms with E-state index in [2.05, 4.69) is 141 Å². The van der Waals surface area contributed by atoms with Crippen LogP contribution in [0.3, 0.4) is 0 Å². The molecule has 0 saturated carbocycles. The monoisotopic (exact) mass is 637 g/mol. The molecule has 0 saturated heterocycles. The van der Waals surface area contributed by atoms with Crippen LogP contribution in [0.4, 0.5) is 17.1 Å². The highest BCUT2D eigenvalue weighted by molar-refractivity contribution is 9.12. The Hall–Kier alpha value is -2.34. The summed E-state index contributed by atoms with van der Waals surface area (Å²) in [6.45, 7) is 3.03. The highest BCUT2D eigenvalue weighted by atomic mass is 79.9. The van der Waals surface area contributed by atoms with E-state index in [-0.39, 0.29) is 0 Å². The van der Waals surface area contributed by atoms with Crippen LogP contribution in [0, 0.1) is 0 Å². The van der Waals surface area contributed by atoms with E-state index in [4.69, 9.17) is 4.74 Å². The van der Waals surface area contributed by atoms with E-state index in [1.807, 2.05) is 0 Å². The van der Waals surface area contributed by atoms with Crippen LogP contribution in [0.1, 0.15) is 56.6 Å². The number of hydrogen-bond acceptors (Lipinski definition) is 3. The van der Waals surface area contributed by atoms with Crippen LogP contribution in [0.15, 0.2) is 92.5 Å². The maximum Gasteiger partial charge on any atom is 0.119 e. The molecule has 5 heteroatoms. The minimum absolute atomic E-state index is 0.780. The van der Waals surface area contributed by atoms with Crippen LogP contribution < -0.4 is 9.64 Å². The zero-order valence-electron chi connectivity index (χ0n) is 21.2. The first kappa shape index (κ1) is 27.7. The summed E-state index contributed by atoms with van der Waals surface area (Å²) >= 11 is 8.86. The lowest BCUT2D eigenvalue weighted by Crippen LogP contribution is -2.09. The minimum atomic E-state index is 0.780. The van der Waals surface area contributed by atoms with Crippen LogP contribution in [-0.4, -0.2) is 6.61 Å². The summed E-state index contributed by atoms with van der Waals surface area (Å²) in [5.41, 5.74) is 5.67. The first-order chi connectivity index (χ1) is 18.1. The number of nitrogens with zero attached hydrogens (tertiary/aromatic N) is 1. The van der Waals surface area contributed by atoms with Crippen molar-refractivity contribution in [3.8, 4) is 5.75 Å². The van der Waals surface area contributed by atoms with Gasteiger partial charge in [-0.2, -0.15) is 0 Å². The van der Waals surface area contributed by atoms with Gasteiger partial charge in [0.05, 0.1) is 14.2 Å². The summed E-state index contributed by atoms with van der Waals surface area (Å²) < 4.78 is 8.26. The molecule has 37 heavy (non-hydrogen) atoms. The van der Waals surface area contributed by atoms with Crippen LogP contribution in [0.25, 0.3) is 12.2 Å². The molecule has 0 unspecified atom stereocenters. The van der Waals surface area contributed by atoms with Gasteiger partial charge >= 0.3 is 0 Å². The van der Waals surface area contributed by atoms with Crippen molar-refractivity contribution in [1.29, 1.82) is 0 Å². The zero-order chi connectivity index (χ0) is 25.9. The SMILES string of the molecule is CCCCCCCCOc1ccc(N(c2ccccc2)c2ccc(C=Cc3cc(Br)sc3Br)cc2)cc1.